The second-order valence-electron chi connectivity index (χ2n) is 4.54. The normalized spacial score (nSPS) is 10.9. The van der Waals surface area contributed by atoms with Crippen molar-refractivity contribution in [2.24, 2.45) is 0 Å². The average Bonchev–Trinajstić information content (AvgIpc) is 2.24. The van der Waals surface area contributed by atoms with Gasteiger partial charge in [-0.25, -0.2) is 0 Å². The lowest BCUT2D eigenvalue weighted by Crippen LogP contribution is -2.35. The molecular formula is C12H17N3O. The van der Waals surface area contributed by atoms with Gasteiger partial charge in [0.2, 0.25) is 0 Å². The third-order valence-corrected chi connectivity index (χ3v) is 1.90. The first-order chi connectivity index (χ1) is 7.51. The Morgan fingerprint density at radius 1 is 1.44 bits per heavy atom. The fraction of sp³-hybridized carbons (Fsp3) is 0.500. The van der Waals surface area contributed by atoms with E-state index >= 15 is 0 Å². The summed E-state index contributed by atoms with van der Waals surface area (Å²) in [4.78, 5) is 4.24. The molecule has 1 N–H and O–H groups in total. The molecule has 16 heavy (non-hydrogen) atoms. The molecule has 0 radical (unpaired) electrons. The SMILES string of the molecule is CC(C)(C)NCc1ccc(OCC#N)cn1. The molecule has 0 aromatic carbocycles. The number of nitrogens with one attached hydrogen (secondary N) is 1. The number of nitriles is 1. The fourth-order valence-electron chi connectivity index (χ4n) is 1.07. The van der Waals surface area contributed by atoms with E-state index in [2.05, 4.69) is 31.1 Å². The molecule has 4 heteroatoms. The molecule has 0 spiro atoms. The van der Waals surface area contributed by atoms with Crippen molar-refractivity contribution in [3.05, 3.63) is 24.0 Å². The van der Waals surface area contributed by atoms with Gasteiger partial charge < -0.3 is 10.1 Å². The molecule has 0 saturated carbocycles. The highest BCUT2D eigenvalue weighted by Gasteiger charge is 2.08. The van der Waals surface area contributed by atoms with Crippen LogP contribution in [0.3, 0.4) is 0 Å². The molecule has 0 bridgehead atoms. The van der Waals surface area contributed by atoms with Gasteiger partial charge in [0.1, 0.15) is 11.8 Å². The Morgan fingerprint density at radius 3 is 2.69 bits per heavy atom. The van der Waals surface area contributed by atoms with Crippen LogP contribution in [-0.4, -0.2) is 17.1 Å². The third kappa shape index (κ3) is 4.76. The van der Waals surface area contributed by atoms with Crippen LogP contribution in [0.2, 0.25) is 0 Å². The summed E-state index contributed by atoms with van der Waals surface area (Å²) in [5, 5.41) is 11.7. The summed E-state index contributed by atoms with van der Waals surface area (Å²) in [7, 11) is 0. The van der Waals surface area contributed by atoms with Crippen molar-refractivity contribution in [1.82, 2.24) is 10.3 Å². The van der Waals surface area contributed by atoms with Crippen molar-refractivity contribution in [3.63, 3.8) is 0 Å². The zero-order valence-corrected chi connectivity index (χ0v) is 9.95. The van der Waals surface area contributed by atoms with Crippen LogP contribution < -0.4 is 10.1 Å². The first-order valence-corrected chi connectivity index (χ1v) is 5.21. The predicted octanol–water partition coefficient (Wildman–Crippen LogP) is 1.87. The molecule has 0 atom stereocenters. The zero-order valence-electron chi connectivity index (χ0n) is 9.95. The van der Waals surface area contributed by atoms with Gasteiger partial charge >= 0.3 is 0 Å². The van der Waals surface area contributed by atoms with Gasteiger partial charge in [0.05, 0.1) is 11.9 Å². The maximum Gasteiger partial charge on any atom is 0.174 e. The lowest BCUT2D eigenvalue weighted by Gasteiger charge is -2.20. The van der Waals surface area contributed by atoms with E-state index < -0.39 is 0 Å². The van der Waals surface area contributed by atoms with Crippen molar-refractivity contribution < 1.29 is 4.74 Å². The van der Waals surface area contributed by atoms with Crippen molar-refractivity contribution in [2.45, 2.75) is 32.9 Å². The number of nitrogens with zero attached hydrogens (tertiary/aromatic N) is 2. The topological polar surface area (TPSA) is 57.9 Å². The van der Waals surface area contributed by atoms with E-state index in [0.29, 0.717) is 5.75 Å². The zero-order chi connectivity index (χ0) is 12.0. The van der Waals surface area contributed by atoms with Crippen LogP contribution >= 0.6 is 0 Å². The molecule has 0 fully saturated rings. The molecule has 0 unspecified atom stereocenters. The van der Waals surface area contributed by atoms with E-state index in [4.69, 9.17) is 10.00 Å². The Labute approximate surface area is 96.3 Å². The molecule has 0 aliphatic carbocycles. The summed E-state index contributed by atoms with van der Waals surface area (Å²) in [6.07, 6.45) is 1.64. The van der Waals surface area contributed by atoms with Crippen molar-refractivity contribution in [2.75, 3.05) is 6.61 Å². The maximum atomic E-state index is 8.35. The van der Waals surface area contributed by atoms with Crippen LogP contribution in [0.15, 0.2) is 18.3 Å². The van der Waals surface area contributed by atoms with Gasteiger partial charge in [-0.05, 0) is 32.9 Å². The van der Waals surface area contributed by atoms with E-state index in [1.807, 2.05) is 18.2 Å². The Bertz CT molecular complexity index is 359. The van der Waals surface area contributed by atoms with E-state index in [0.717, 1.165) is 12.2 Å². The van der Waals surface area contributed by atoms with Crippen LogP contribution in [0.5, 0.6) is 5.75 Å². The van der Waals surface area contributed by atoms with Gasteiger partial charge in [-0.3, -0.25) is 4.98 Å². The fourth-order valence-corrected chi connectivity index (χ4v) is 1.07. The van der Waals surface area contributed by atoms with Crippen molar-refractivity contribution in [1.29, 1.82) is 5.26 Å². The highest BCUT2D eigenvalue weighted by molar-refractivity contribution is 5.20. The number of rotatable bonds is 4. The van der Waals surface area contributed by atoms with Crippen LogP contribution in [0, 0.1) is 11.3 Å². The first-order valence-electron chi connectivity index (χ1n) is 5.21. The van der Waals surface area contributed by atoms with Gasteiger partial charge in [0.15, 0.2) is 6.61 Å². The van der Waals surface area contributed by atoms with Gasteiger partial charge in [-0.1, -0.05) is 0 Å². The number of hydrogen-bond donors (Lipinski definition) is 1. The number of ether oxygens (including phenoxy) is 1. The van der Waals surface area contributed by atoms with Gasteiger partial charge in [0, 0.05) is 12.1 Å². The Morgan fingerprint density at radius 2 is 2.19 bits per heavy atom. The molecule has 4 nitrogen and oxygen atoms in total. The standard InChI is InChI=1S/C12H17N3O/c1-12(2,3)15-8-10-4-5-11(9-14-10)16-7-6-13/h4-5,9,15H,7-8H2,1-3H3. The van der Waals surface area contributed by atoms with Crippen LogP contribution in [-0.2, 0) is 6.54 Å². The average molecular weight is 219 g/mol. The summed E-state index contributed by atoms with van der Waals surface area (Å²) in [5.41, 5.74) is 1.04. The Balaban J connectivity index is 2.49. The highest BCUT2D eigenvalue weighted by atomic mass is 16.5. The molecule has 1 rings (SSSR count). The quantitative estimate of drug-likeness (QED) is 0.840. The Kier molecular flexibility index (Phi) is 4.27. The second-order valence-corrected chi connectivity index (χ2v) is 4.54. The maximum absolute atomic E-state index is 8.35. The monoisotopic (exact) mass is 219 g/mol. The summed E-state index contributed by atoms with van der Waals surface area (Å²) in [6, 6.07) is 5.63. The smallest absolute Gasteiger partial charge is 0.174 e. The van der Waals surface area contributed by atoms with Crippen molar-refractivity contribution >= 4 is 0 Å². The van der Waals surface area contributed by atoms with E-state index in [9.17, 15) is 0 Å². The minimum atomic E-state index is 0.0568. The van der Waals surface area contributed by atoms with Gasteiger partial charge in [-0.2, -0.15) is 5.26 Å². The second kappa shape index (κ2) is 5.47. The summed E-state index contributed by atoms with van der Waals surface area (Å²) < 4.78 is 5.11. The Hall–Kier alpha value is -1.60. The van der Waals surface area contributed by atoms with Gasteiger partial charge in [-0.15, -0.1) is 0 Å². The first kappa shape index (κ1) is 12.5. The predicted molar refractivity (Wildman–Crippen MR) is 61.9 cm³/mol. The lowest BCUT2D eigenvalue weighted by atomic mass is 10.1. The third-order valence-electron chi connectivity index (χ3n) is 1.90. The van der Waals surface area contributed by atoms with E-state index in [1.165, 1.54) is 0 Å². The lowest BCUT2D eigenvalue weighted by molar-refractivity contribution is 0.365. The minimum absolute atomic E-state index is 0.0568. The number of hydrogen-bond acceptors (Lipinski definition) is 4. The van der Waals surface area contributed by atoms with Crippen LogP contribution in [0.4, 0.5) is 0 Å². The molecule has 1 heterocycles. The highest BCUT2D eigenvalue weighted by Crippen LogP contribution is 2.09. The summed E-state index contributed by atoms with van der Waals surface area (Å²) in [5.74, 6) is 0.626. The molecule has 0 amide bonds. The van der Waals surface area contributed by atoms with Crippen LogP contribution in [0.1, 0.15) is 26.5 Å². The summed E-state index contributed by atoms with van der Waals surface area (Å²) >= 11 is 0. The van der Waals surface area contributed by atoms with E-state index in [1.54, 1.807) is 6.20 Å². The molecule has 0 saturated heterocycles. The number of pyridine rings is 1. The molecule has 86 valence electrons. The van der Waals surface area contributed by atoms with Crippen molar-refractivity contribution in [3.8, 4) is 11.8 Å². The molecular weight excluding hydrogens is 202 g/mol. The van der Waals surface area contributed by atoms with Gasteiger partial charge in [0.25, 0.3) is 0 Å². The largest absolute Gasteiger partial charge is 0.477 e. The van der Waals surface area contributed by atoms with E-state index in [-0.39, 0.29) is 12.1 Å². The number of aromatic nitrogens is 1. The van der Waals surface area contributed by atoms with Crippen LogP contribution in [0.25, 0.3) is 0 Å². The summed E-state index contributed by atoms with van der Waals surface area (Å²) in [6.45, 7) is 7.11. The molecule has 1 aromatic rings. The molecule has 1 aromatic heterocycles. The minimum Gasteiger partial charge on any atom is -0.477 e. The molecule has 0 aliphatic heterocycles. The molecule has 0 aliphatic rings.